The van der Waals surface area contributed by atoms with Crippen LogP contribution in [0.4, 0.5) is 32.3 Å². The van der Waals surface area contributed by atoms with Crippen molar-refractivity contribution in [2.24, 2.45) is 0 Å². The van der Waals surface area contributed by atoms with E-state index in [9.17, 15) is 26.3 Å². The first-order chi connectivity index (χ1) is 16.4. The fraction of sp³-hybridized carbons (Fsp3) is 0.333. The van der Waals surface area contributed by atoms with E-state index in [1.165, 1.54) is 15.3 Å². The number of hydrogen-bond acceptors (Lipinski definition) is 5. The minimum absolute atomic E-state index is 0.0227. The second kappa shape index (κ2) is 9.36. The van der Waals surface area contributed by atoms with Gasteiger partial charge in [-0.2, -0.15) is 18.2 Å². The molecule has 1 aromatic carbocycles. The molecule has 4 aromatic rings. The summed E-state index contributed by atoms with van der Waals surface area (Å²) in [5.41, 5.74) is 0.440. The van der Waals surface area contributed by atoms with Gasteiger partial charge in [-0.3, -0.25) is 4.57 Å². The van der Waals surface area contributed by atoms with Crippen LogP contribution in [0.15, 0.2) is 36.7 Å². The number of alkyl halides is 6. The standard InChI is InChI=1S/C21H18ClF6N7/c1-10(2)34-9-14(21(26,27)28)31-17(34)12-5-3-11(4-6-12)8-35-18-13(7-29-19(22)33-18)30-20(35)32-16(25)15(23)24/h3-7,9-10,15-16H,8H2,1-2H3,(H,30,32). The van der Waals surface area contributed by atoms with Crippen LogP contribution in [-0.2, 0) is 12.7 Å². The van der Waals surface area contributed by atoms with Crippen molar-refractivity contribution in [3.05, 3.63) is 53.2 Å². The van der Waals surface area contributed by atoms with Crippen molar-refractivity contribution in [3.63, 3.8) is 0 Å². The number of anilines is 1. The Balaban J connectivity index is 1.69. The molecule has 0 saturated heterocycles. The first kappa shape index (κ1) is 24.8. The van der Waals surface area contributed by atoms with Gasteiger partial charge in [0.1, 0.15) is 11.3 Å². The van der Waals surface area contributed by atoms with Gasteiger partial charge >= 0.3 is 6.18 Å². The largest absolute Gasteiger partial charge is 0.434 e. The van der Waals surface area contributed by atoms with Crippen molar-refractivity contribution in [2.45, 2.75) is 45.3 Å². The lowest BCUT2D eigenvalue weighted by Crippen LogP contribution is -2.24. The third kappa shape index (κ3) is 5.19. The fourth-order valence-electron chi connectivity index (χ4n) is 3.42. The Morgan fingerprint density at radius 3 is 2.31 bits per heavy atom. The number of aromatic nitrogens is 6. The summed E-state index contributed by atoms with van der Waals surface area (Å²) in [7, 11) is 0. The van der Waals surface area contributed by atoms with Gasteiger partial charge in [0, 0.05) is 17.8 Å². The highest BCUT2D eigenvalue weighted by Crippen LogP contribution is 2.33. The van der Waals surface area contributed by atoms with Crippen molar-refractivity contribution >= 4 is 28.7 Å². The Morgan fingerprint density at radius 2 is 1.71 bits per heavy atom. The molecule has 3 aromatic heterocycles. The summed E-state index contributed by atoms with van der Waals surface area (Å²) in [6.45, 7) is 3.50. The highest BCUT2D eigenvalue weighted by atomic mass is 35.5. The van der Waals surface area contributed by atoms with Crippen LogP contribution in [-0.4, -0.2) is 41.8 Å². The van der Waals surface area contributed by atoms with Crippen molar-refractivity contribution < 1.29 is 26.3 Å². The quantitative estimate of drug-likeness (QED) is 0.186. The van der Waals surface area contributed by atoms with Crippen LogP contribution in [0.2, 0.25) is 5.28 Å². The fourth-order valence-corrected chi connectivity index (χ4v) is 3.55. The molecule has 3 heterocycles. The van der Waals surface area contributed by atoms with Crippen molar-refractivity contribution in [2.75, 3.05) is 5.32 Å². The maximum absolute atomic E-state index is 13.7. The monoisotopic (exact) mass is 517 g/mol. The number of fused-ring (bicyclic) bond motifs is 1. The average Bonchev–Trinajstić information content (AvgIpc) is 3.37. The SMILES string of the molecule is CC(C)n1cc(C(F)(F)F)nc1-c1ccc(Cn2c(NC(F)C(F)F)nc3cnc(Cl)nc32)cc1. The topological polar surface area (TPSA) is 73.5 Å². The third-order valence-electron chi connectivity index (χ3n) is 5.08. The molecule has 7 nitrogen and oxygen atoms in total. The lowest BCUT2D eigenvalue weighted by molar-refractivity contribution is -0.140. The Bertz CT molecular complexity index is 1330. The van der Waals surface area contributed by atoms with Crippen molar-refractivity contribution in [1.82, 2.24) is 29.1 Å². The second-order valence-corrected chi connectivity index (χ2v) is 8.23. The van der Waals surface area contributed by atoms with Crippen LogP contribution in [0, 0.1) is 0 Å². The van der Waals surface area contributed by atoms with E-state index in [4.69, 9.17) is 11.6 Å². The zero-order valence-electron chi connectivity index (χ0n) is 18.2. The third-order valence-corrected chi connectivity index (χ3v) is 5.26. The molecule has 0 spiro atoms. The first-order valence-electron chi connectivity index (χ1n) is 10.3. The van der Waals surface area contributed by atoms with Crippen molar-refractivity contribution in [1.29, 1.82) is 0 Å². The Kier molecular flexibility index (Phi) is 6.62. The van der Waals surface area contributed by atoms with E-state index in [2.05, 4.69) is 19.9 Å². The lowest BCUT2D eigenvalue weighted by Gasteiger charge is -2.14. The van der Waals surface area contributed by atoms with Crippen LogP contribution >= 0.6 is 11.6 Å². The van der Waals surface area contributed by atoms with Gasteiger partial charge in [-0.15, -0.1) is 0 Å². The number of nitrogens with zero attached hydrogens (tertiary/aromatic N) is 6. The number of nitrogens with one attached hydrogen (secondary N) is 1. The normalized spacial score (nSPS) is 13.2. The van der Waals surface area contributed by atoms with Crippen LogP contribution in [0.3, 0.4) is 0 Å². The van der Waals surface area contributed by atoms with E-state index in [1.54, 1.807) is 38.1 Å². The molecule has 0 saturated carbocycles. The molecule has 0 radical (unpaired) electrons. The van der Waals surface area contributed by atoms with Gasteiger partial charge in [0.05, 0.1) is 12.7 Å². The van der Waals surface area contributed by atoms with Crippen molar-refractivity contribution in [3.8, 4) is 11.4 Å². The second-order valence-electron chi connectivity index (χ2n) is 7.90. The predicted octanol–water partition coefficient (Wildman–Crippen LogP) is 5.96. The Hall–Kier alpha value is -3.35. The maximum Gasteiger partial charge on any atom is 0.434 e. The first-order valence-corrected chi connectivity index (χ1v) is 10.6. The van der Waals surface area contributed by atoms with Gasteiger partial charge in [-0.1, -0.05) is 24.3 Å². The summed E-state index contributed by atoms with van der Waals surface area (Å²) in [6, 6.07) is 6.15. The molecule has 4 rings (SSSR count). The summed E-state index contributed by atoms with van der Waals surface area (Å²) in [5, 5.41) is 1.90. The minimum atomic E-state index is -4.59. The summed E-state index contributed by atoms with van der Waals surface area (Å²) >= 11 is 5.85. The van der Waals surface area contributed by atoms with Gasteiger partial charge in [0.15, 0.2) is 11.3 Å². The molecule has 186 valence electrons. The highest BCUT2D eigenvalue weighted by molar-refractivity contribution is 6.28. The molecule has 14 heteroatoms. The molecule has 0 bridgehead atoms. The van der Waals surface area contributed by atoms with Crippen LogP contribution in [0.1, 0.15) is 31.1 Å². The van der Waals surface area contributed by atoms with Crippen LogP contribution in [0.5, 0.6) is 0 Å². The van der Waals surface area contributed by atoms with Gasteiger partial charge < -0.3 is 9.88 Å². The molecular weight excluding hydrogens is 500 g/mol. The molecular formula is C21H18ClF6N7. The summed E-state index contributed by atoms with van der Waals surface area (Å²) < 4.78 is 81.6. The number of imidazole rings is 2. The van der Waals surface area contributed by atoms with Crippen LogP contribution < -0.4 is 5.32 Å². The van der Waals surface area contributed by atoms with Gasteiger partial charge in [0.25, 0.3) is 6.43 Å². The van der Waals surface area contributed by atoms with E-state index in [0.29, 0.717) is 11.1 Å². The molecule has 0 aliphatic heterocycles. The van der Waals surface area contributed by atoms with Gasteiger partial charge in [-0.05, 0) is 31.0 Å². The lowest BCUT2D eigenvalue weighted by atomic mass is 10.1. The molecule has 35 heavy (non-hydrogen) atoms. The molecule has 1 N–H and O–H groups in total. The van der Waals surface area contributed by atoms with E-state index >= 15 is 0 Å². The van der Waals surface area contributed by atoms with E-state index in [-0.39, 0.29) is 40.8 Å². The Morgan fingerprint density at radius 1 is 1.03 bits per heavy atom. The van der Waals surface area contributed by atoms with E-state index in [1.807, 2.05) is 5.32 Å². The minimum Gasteiger partial charge on any atom is -0.328 e. The molecule has 0 amide bonds. The zero-order chi connectivity index (χ0) is 25.5. The van der Waals surface area contributed by atoms with Crippen LogP contribution in [0.25, 0.3) is 22.6 Å². The number of rotatable bonds is 7. The van der Waals surface area contributed by atoms with Gasteiger partial charge in [-0.25, -0.2) is 28.1 Å². The summed E-state index contributed by atoms with van der Waals surface area (Å²) in [4.78, 5) is 15.7. The zero-order valence-corrected chi connectivity index (χ0v) is 19.0. The smallest absolute Gasteiger partial charge is 0.328 e. The maximum atomic E-state index is 13.7. The molecule has 1 unspecified atom stereocenters. The van der Waals surface area contributed by atoms with E-state index < -0.39 is 24.6 Å². The number of benzene rings is 1. The molecule has 0 aliphatic carbocycles. The summed E-state index contributed by atoms with van der Waals surface area (Å²) in [6.07, 6.45) is -8.31. The predicted molar refractivity (Wildman–Crippen MR) is 117 cm³/mol. The highest BCUT2D eigenvalue weighted by Gasteiger charge is 2.35. The molecule has 1 atom stereocenters. The molecule has 0 fully saturated rings. The average molecular weight is 518 g/mol. The number of halogens is 7. The summed E-state index contributed by atoms with van der Waals surface area (Å²) in [5.74, 6) is -0.0651. The van der Waals surface area contributed by atoms with Gasteiger partial charge in [0.2, 0.25) is 17.5 Å². The number of hydrogen-bond donors (Lipinski definition) is 1. The van der Waals surface area contributed by atoms with E-state index in [0.717, 1.165) is 6.20 Å². The molecule has 0 aliphatic rings. The Labute approximate surface area is 199 Å².